The van der Waals surface area contributed by atoms with Crippen molar-refractivity contribution in [3.8, 4) is 20.9 Å². The second kappa shape index (κ2) is 21.1. The van der Waals surface area contributed by atoms with Crippen molar-refractivity contribution in [2.75, 3.05) is 0 Å². The lowest BCUT2D eigenvalue weighted by Gasteiger charge is -2.30. The zero-order valence-corrected chi connectivity index (χ0v) is 40.0. The van der Waals surface area contributed by atoms with E-state index >= 15 is 0 Å². The molecule has 2 atom stereocenters. The number of thiophene rings is 2. The number of unbranched alkanes of at least 4 members (excludes halogenated alkanes) is 1. The van der Waals surface area contributed by atoms with E-state index in [0.717, 1.165) is 30.5 Å². The van der Waals surface area contributed by atoms with Gasteiger partial charge in [0, 0.05) is 86.1 Å². The number of nitrogens with zero attached hydrogens (tertiary/aromatic N) is 3. The number of hydrogen-bond donors (Lipinski definition) is 4. The molecule has 11 heteroatoms. The van der Waals surface area contributed by atoms with Crippen LogP contribution in [0.15, 0.2) is 170 Å². The predicted molar refractivity (Wildman–Crippen MR) is 282 cm³/mol. The van der Waals surface area contributed by atoms with Gasteiger partial charge in [0.2, 0.25) is 0 Å². The number of fused-ring (bicyclic) bond motifs is 3. The average Bonchev–Trinajstić information content (AvgIpc) is 4.11. The fourth-order valence-electron chi connectivity index (χ4n) is 9.45. The van der Waals surface area contributed by atoms with E-state index < -0.39 is 14.2 Å². The first-order valence-corrected chi connectivity index (χ1v) is 25.0. The van der Waals surface area contributed by atoms with Gasteiger partial charge < -0.3 is 24.7 Å². The van der Waals surface area contributed by atoms with Crippen molar-refractivity contribution in [2.24, 2.45) is 0 Å². The van der Waals surface area contributed by atoms with Crippen LogP contribution in [0.25, 0.3) is 42.7 Å². The van der Waals surface area contributed by atoms with E-state index in [0.29, 0.717) is 37.1 Å². The summed E-state index contributed by atoms with van der Waals surface area (Å²) in [6.07, 6.45) is 2.22. The van der Waals surface area contributed by atoms with Gasteiger partial charge in [-0.3, -0.25) is 9.80 Å². The number of benzene rings is 6. The van der Waals surface area contributed by atoms with Gasteiger partial charge in [-0.1, -0.05) is 135 Å². The maximum Gasteiger partial charge on any atom is 0.488 e. The lowest BCUT2D eigenvalue weighted by molar-refractivity contribution is 0.194. The van der Waals surface area contributed by atoms with Crippen LogP contribution in [0, 0.1) is 0 Å². The Hall–Kier alpha value is -5.59. The fourth-order valence-corrected chi connectivity index (χ4v) is 11.5. The highest BCUT2D eigenvalue weighted by atomic mass is 32.1. The van der Waals surface area contributed by atoms with Crippen LogP contribution < -0.4 is 10.9 Å². The Labute approximate surface area is 403 Å². The molecular weight excluding hydrogens is 864 g/mol. The summed E-state index contributed by atoms with van der Waals surface area (Å²) in [6, 6.07) is 59.3. The molecule has 3 heterocycles. The van der Waals surface area contributed by atoms with Crippen LogP contribution in [0.3, 0.4) is 0 Å². The quantitative estimate of drug-likeness (QED) is 0.0604. The van der Waals surface area contributed by atoms with Crippen molar-refractivity contribution < 1.29 is 20.1 Å². The lowest BCUT2D eigenvalue weighted by atomic mass is 9.77. The molecule has 0 unspecified atom stereocenters. The lowest BCUT2D eigenvalue weighted by Crippen LogP contribution is -2.36. The molecule has 9 rings (SSSR count). The molecule has 0 bridgehead atoms. The third kappa shape index (κ3) is 10.5. The number of aromatic nitrogens is 1. The minimum absolute atomic E-state index is 0.0935. The molecule has 0 aliphatic carbocycles. The Balaban J connectivity index is 1.02. The molecule has 0 aliphatic heterocycles. The minimum Gasteiger partial charge on any atom is -0.423 e. The normalized spacial score (nSPS) is 12.7. The SMILES string of the molecule is CCCCn1c2ccc(-c3ccc(CN(Cc4ccccc4B(O)O)[C@@H](C)c4ccccc4)s3)cc2c2cc(-c3ccc(CN(Cc4ccccc4B(O)O)[C@@H](C)c4ccccc4)s3)ccc21. The Morgan fingerprint density at radius 3 is 1.33 bits per heavy atom. The summed E-state index contributed by atoms with van der Waals surface area (Å²) < 4.78 is 2.50. The van der Waals surface area contributed by atoms with Gasteiger partial charge in [-0.15, -0.1) is 22.7 Å². The standard InChI is InChI=1S/C56H57B2N3O4S2/c1-4-5-32-61-53-28-24-43(55-30-26-47(66-55)37-59(39(2)41-16-8-6-9-17-41)35-45-20-12-14-22-51(45)57(62)63)33-49(53)50-34-44(25-29-54(50)61)56-31-27-48(67-56)38-60(40(3)42-18-10-7-11-19-42)36-46-21-13-15-23-52(46)58(64)65/h6-31,33-34,39-40,62-65H,4-5,32,35-38H2,1-3H3/t39-,40-/m0/s1. The van der Waals surface area contributed by atoms with Crippen molar-refractivity contribution >= 4 is 69.6 Å². The zero-order valence-electron chi connectivity index (χ0n) is 38.4. The maximum absolute atomic E-state index is 10.2. The van der Waals surface area contributed by atoms with Crippen LogP contribution in [-0.4, -0.2) is 48.7 Å². The smallest absolute Gasteiger partial charge is 0.423 e. The summed E-state index contributed by atoms with van der Waals surface area (Å²) in [4.78, 5) is 9.75. The highest BCUT2D eigenvalue weighted by Gasteiger charge is 2.24. The van der Waals surface area contributed by atoms with Crippen LogP contribution in [0.5, 0.6) is 0 Å². The summed E-state index contributed by atoms with van der Waals surface area (Å²) in [6.45, 7) is 10.2. The Morgan fingerprint density at radius 2 is 0.910 bits per heavy atom. The van der Waals surface area contributed by atoms with Crippen LogP contribution in [0.1, 0.15) is 77.7 Å². The molecule has 0 spiro atoms. The first-order chi connectivity index (χ1) is 32.6. The van der Waals surface area contributed by atoms with Crippen LogP contribution in [0.4, 0.5) is 0 Å². The molecule has 0 saturated heterocycles. The summed E-state index contributed by atoms with van der Waals surface area (Å²) in [5.41, 5.74) is 10.2. The molecule has 7 nitrogen and oxygen atoms in total. The van der Waals surface area contributed by atoms with E-state index in [1.54, 1.807) is 12.1 Å². The molecular formula is C56H57B2N3O4S2. The predicted octanol–water partition coefficient (Wildman–Crippen LogP) is 10.9. The maximum atomic E-state index is 10.2. The average molecular weight is 922 g/mol. The van der Waals surface area contributed by atoms with E-state index in [-0.39, 0.29) is 12.1 Å². The van der Waals surface area contributed by atoms with Gasteiger partial charge >= 0.3 is 14.2 Å². The Morgan fingerprint density at radius 1 is 0.493 bits per heavy atom. The second-order valence-corrected chi connectivity index (χ2v) is 20.0. The van der Waals surface area contributed by atoms with E-state index in [1.807, 2.05) is 71.2 Å². The summed E-state index contributed by atoms with van der Waals surface area (Å²) in [5, 5.41) is 43.4. The van der Waals surface area contributed by atoms with Gasteiger partial charge in [0.05, 0.1) is 0 Å². The van der Waals surface area contributed by atoms with Crippen molar-refractivity contribution in [3.63, 3.8) is 0 Å². The Kier molecular flexibility index (Phi) is 14.7. The molecule has 338 valence electrons. The van der Waals surface area contributed by atoms with Gasteiger partial charge in [-0.2, -0.15) is 0 Å². The van der Waals surface area contributed by atoms with Crippen molar-refractivity contribution in [3.05, 3.63) is 202 Å². The number of aryl methyl sites for hydroxylation is 1. The molecule has 0 amide bonds. The highest BCUT2D eigenvalue weighted by Crippen LogP contribution is 2.40. The van der Waals surface area contributed by atoms with Gasteiger partial charge in [0.25, 0.3) is 0 Å². The van der Waals surface area contributed by atoms with Gasteiger partial charge in [-0.25, -0.2) is 0 Å². The van der Waals surface area contributed by atoms with E-state index in [4.69, 9.17) is 0 Å². The molecule has 4 N–H and O–H groups in total. The van der Waals surface area contributed by atoms with E-state index in [9.17, 15) is 20.1 Å². The second-order valence-electron chi connectivity index (χ2n) is 17.6. The molecule has 6 aromatic carbocycles. The highest BCUT2D eigenvalue weighted by molar-refractivity contribution is 7.15. The Bertz CT molecular complexity index is 2860. The molecule has 0 aliphatic rings. The molecule has 3 aromatic heterocycles. The van der Waals surface area contributed by atoms with Gasteiger partial charge in [-0.05, 0) is 113 Å². The zero-order chi connectivity index (χ0) is 46.4. The number of rotatable bonds is 19. The van der Waals surface area contributed by atoms with Crippen molar-refractivity contribution in [2.45, 2.75) is 78.4 Å². The number of hydrogen-bond acceptors (Lipinski definition) is 8. The first-order valence-electron chi connectivity index (χ1n) is 23.3. The molecule has 9 aromatic rings. The summed E-state index contributed by atoms with van der Waals surface area (Å²) in [5.74, 6) is 0. The van der Waals surface area contributed by atoms with E-state index in [1.165, 1.54) is 63.6 Å². The van der Waals surface area contributed by atoms with E-state index in [2.05, 4.69) is 144 Å². The van der Waals surface area contributed by atoms with Crippen molar-refractivity contribution in [1.29, 1.82) is 0 Å². The summed E-state index contributed by atoms with van der Waals surface area (Å²) in [7, 11) is -3.07. The van der Waals surface area contributed by atoms with Crippen molar-refractivity contribution in [1.82, 2.24) is 14.4 Å². The summed E-state index contributed by atoms with van der Waals surface area (Å²) >= 11 is 3.64. The molecule has 0 saturated carbocycles. The molecule has 0 radical (unpaired) electrons. The molecule has 67 heavy (non-hydrogen) atoms. The molecule has 0 fully saturated rings. The third-order valence-electron chi connectivity index (χ3n) is 13.3. The van der Waals surface area contributed by atoms with Gasteiger partial charge in [0.15, 0.2) is 0 Å². The topological polar surface area (TPSA) is 92.3 Å². The van der Waals surface area contributed by atoms with Gasteiger partial charge in [0.1, 0.15) is 0 Å². The van der Waals surface area contributed by atoms with Crippen LogP contribution >= 0.6 is 22.7 Å². The first kappa shape index (κ1) is 46.5. The fraction of sp³-hybridized carbons (Fsp3) is 0.214. The third-order valence-corrected chi connectivity index (χ3v) is 15.5. The van der Waals surface area contributed by atoms with Crippen LogP contribution in [0.2, 0.25) is 0 Å². The largest absolute Gasteiger partial charge is 0.488 e. The monoisotopic (exact) mass is 921 g/mol. The minimum atomic E-state index is -1.53. The van der Waals surface area contributed by atoms with Crippen LogP contribution in [-0.2, 0) is 32.7 Å².